The molecular formula is C23H25N6OS+. The molecule has 7 nitrogen and oxygen atoms in total. The van der Waals surface area contributed by atoms with Crippen molar-refractivity contribution >= 4 is 54.8 Å². The molecule has 3 aromatic carbocycles. The molecule has 0 saturated carbocycles. The van der Waals surface area contributed by atoms with Crippen molar-refractivity contribution in [1.82, 2.24) is 0 Å². The molecule has 0 radical (unpaired) electrons. The summed E-state index contributed by atoms with van der Waals surface area (Å²) in [5.41, 5.74) is 15.3. The zero-order chi connectivity index (χ0) is 22.1. The number of phenolic OH excluding ortho intramolecular Hbond substituents is 1. The molecule has 31 heavy (non-hydrogen) atoms. The molecule has 6 N–H and O–H groups in total. The van der Waals surface area contributed by atoms with Gasteiger partial charge < -0.3 is 16.6 Å². The molecule has 0 aliphatic carbocycles. The third kappa shape index (κ3) is 3.77. The molecule has 0 aliphatic heterocycles. The van der Waals surface area contributed by atoms with Crippen molar-refractivity contribution in [3.05, 3.63) is 59.7 Å². The Kier molecular flexibility index (Phi) is 5.48. The number of nitrogens with one attached hydrogen (secondary N) is 1. The van der Waals surface area contributed by atoms with Crippen molar-refractivity contribution in [2.45, 2.75) is 27.3 Å². The number of hydrogen-bond donors (Lipinski definition) is 4. The highest BCUT2D eigenvalue weighted by Gasteiger charge is 2.24. The highest BCUT2D eigenvalue weighted by Crippen LogP contribution is 2.40. The number of nitrogens with two attached hydrogens (primary N) is 2. The SMILES string of the molecule is CC[n+]1c(Nc2cccc(C(C)=NN=C(N)N)c2)sc2c(C)c(O)c3ccccc3c21. The summed E-state index contributed by atoms with van der Waals surface area (Å²) in [4.78, 5) is 0. The number of hydrogen-bond acceptors (Lipinski definition) is 5. The Morgan fingerprint density at radius 3 is 2.55 bits per heavy atom. The predicted molar refractivity (Wildman–Crippen MR) is 129 cm³/mol. The van der Waals surface area contributed by atoms with E-state index in [0.29, 0.717) is 11.5 Å². The average molecular weight is 434 g/mol. The standard InChI is InChI=1S/C23H24N6OS/c1-4-29-19-17-10-5-6-11-18(17)20(30)13(2)21(19)31-23(29)26-16-9-7-8-15(12-16)14(3)27-28-22(24)25/h5-12H,4H2,1-3H3,(H5,24,25,28,30)/p+1. The van der Waals surface area contributed by atoms with Gasteiger partial charge >= 0.3 is 5.13 Å². The first kappa shape index (κ1) is 20.6. The molecule has 8 heteroatoms. The Morgan fingerprint density at radius 1 is 1.10 bits per heavy atom. The van der Waals surface area contributed by atoms with Crippen molar-refractivity contribution in [2.75, 3.05) is 5.32 Å². The number of aromatic hydroxyl groups is 1. The van der Waals surface area contributed by atoms with E-state index in [-0.39, 0.29) is 5.96 Å². The smallest absolute Gasteiger partial charge is 0.340 e. The number of aryl methyl sites for hydroxylation is 2. The maximum atomic E-state index is 10.7. The van der Waals surface area contributed by atoms with E-state index in [9.17, 15) is 5.11 Å². The molecule has 0 spiro atoms. The fourth-order valence-corrected chi connectivity index (χ4v) is 4.94. The van der Waals surface area contributed by atoms with Crippen LogP contribution in [0.15, 0.2) is 58.7 Å². The van der Waals surface area contributed by atoms with E-state index in [2.05, 4.69) is 33.1 Å². The molecule has 0 bridgehead atoms. The molecule has 0 amide bonds. The first-order chi connectivity index (χ1) is 14.9. The van der Waals surface area contributed by atoms with Crippen LogP contribution in [-0.2, 0) is 6.54 Å². The topological polar surface area (TPSA) is 113 Å². The van der Waals surface area contributed by atoms with Crippen molar-refractivity contribution in [2.24, 2.45) is 21.7 Å². The van der Waals surface area contributed by atoms with Crippen LogP contribution < -0.4 is 21.4 Å². The third-order valence-electron chi connectivity index (χ3n) is 5.23. The summed E-state index contributed by atoms with van der Waals surface area (Å²) < 4.78 is 3.32. The molecule has 4 rings (SSSR count). The predicted octanol–water partition coefficient (Wildman–Crippen LogP) is 4.12. The quantitative estimate of drug-likeness (QED) is 0.164. The normalized spacial score (nSPS) is 11.8. The lowest BCUT2D eigenvalue weighted by Gasteiger charge is -2.07. The molecule has 1 heterocycles. The maximum absolute atomic E-state index is 10.7. The van der Waals surface area contributed by atoms with Crippen LogP contribution in [0, 0.1) is 6.92 Å². The summed E-state index contributed by atoms with van der Waals surface area (Å²) in [7, 11) is 0. The molecule has 158 valence electrons. The first-order valence-electron chi connectivity index (χ1n) is 9.98. The summed E-state index contributed by atoms with van der Waals surface area (Å²) >= 11 is 1.63. The number of guanidine groups is 1. The van der Waals surface area contributed by atoms with Crippen LogP contribution in [-0.4, -0.2) is 16.8 Å². The van der Waals surface area contributed by atoms with E-state index >= 15 is 0 Å². The fraction of sp³-hybridized carbons (Fsp3) is 0.174. The van der Waals surface area contributed by atoms with Gasteiger partial charge in [-0.15, -0.1) is 5.10 Å². The van der Waals surface area contributed by atoms with Crippen LogP contribution in [0.5, 0.6) is 5.75 Å². The summed E-state index contributed by atoms with van der Waals surface area (Å²) in [5, 5.41) is 25.0. The summed E-state index contributed by atoms with van der Waals surface area (Å²) in [5.74, 6) is 0.265. The van der Waals surface area contributed by atoms with Crippen LogP contribution in [0.25, 0.3) is 21.0 Å². The molecule has 0 saturated heterocycles. The highest BCUT2D eigenvalue weighted by molar-refractivity contribution is 7.22. The van der Waals surface area contributed by atoms with Gasteiger partial charge in [0, 0.05) is 21.9 Å². The monoisotopic (exact) mass is 433 g/mol. The summed E-state index contributed by atoms with van der Waals surface area (Å²) in [6.07, 6.45) is 0. The van der Waals surface area contributed by atoms with Gasteiger partial charge in [-0.05, 0) is 50.3 Å². The highest BCUT2D eigenvalue weighted by atomic mass is 32.1. The number of nitrogens with zero attached hydrogens (tertiary/aromatic N) is 3. The van der Waals surface area contributed by atoms with Gasteiger partial charge in [-0.2, -0.15) is 5.10 Å². The minimum absolute atomic E-state index is 0.0752. The van der Waals surface area contributed by atoms with Gasteiger partial charge in [0.15, 0.2) is 5.52 Å². The van der Waals surface area contributed by atoms with Gasteiger partial charge in [-0.3, -0.25) is 0 Å². The Hall–Kier alpha value is -3.65. The van der Waals surface area contributed by atoms with Gasteiger partial charge in [-0.1, -0.05) is 30.3 Å². The third-order valence-corrected chi connectivity index (χ3v) is 6.44. The number of benzene rings is 3. The van der Waals surface area contributed by atoms with E-state index in [1.54, 1.807) is 11.3 Å². The second-order valence-electron chi connectivity index (χ2n) is 7.26. The second kappa shape index (κ2) is 8.23. The molecule has 0 aliphatic rings. The minimum atomic E-state index is -0.0752. The van der Waals surface area contributed by atoms with Crippen LogP contribution in [0.1, 0.15) is 25.0 Å². The largest absolute Gasteiger partial charge is 0.507 e. The van der Waals surface area contributed by atoms with Crippen molar-refractivity contribution in [1.29, 1.82) is 0 Å². The number of anilines is 2. The minimum Gasteiger partial charge on any atom is -0.507 e. The molecule has 4 aromatic rings. The lowest BCUT2D eigenvalue weighted by atomic mass is 10.0. The average Bonchev–Trinajstić information content (AvgIpc) is 3.14. The van der Waals surface area contributed by atoms with Crippen molar-refractivity contribution in [3.8, 4) is 5.75 Å². The van der Waals surface area contributed by atoms with Crippen LogP contribution in [0.4, 0.5) is 10.8 Å². The van der Waals surface area contributed by atoms with Crippen molar-refractivity contribution < 1.29 is 9.67 Å². The van der Waals surface area contributed by atoms with E-state index in [1.165, 1.54) is 0 Å². The van der Waals surface area contributed by atoms with Gasteiger partial charge in [0.2, 0.25) is 5.96 Å². The first-order valence-corrected chi connectivity index (χ1v) is 10.8. The Labute approximate surface area is 184 Å². The molecular weight excluding hydrogens is 408 g/mol. The molecule has 0 fully saturated rings. The number of phenols is 1. The Bertz CT molecular complexity index is 1350. The Balaban J connectivity index is 1.82. The number of aromatic nitrogens is 1. The molecule has 0 unspecified atom stereocenters. The van der Waals surface area contributed by atoms with Gasteiger partial charge in [0.05, 0.1) is 17.0 Å². The fourth-order valence-electron chi connectivity index (χ4n) is 3.68. The van der Waals surface area contributed by atoms with E-state index < -0.39 is 0 Å². The number of thiazole rings is 1. The summed E-state index contributed by atoms with van der Waals surface area (Å²) in [6, 6.07) is 15.9. The van der Waals surface area contributed by atoms with Crippen molar-refractivity contribution in [3.63, 3.8) is 0 Å². The second-order valence-corrected chi connectivity index (χ2v) is 8.26. The number of rotatable bonds is 5. The maximum Gasteiger partial charge on any atom is 0.340 e. The summed E-state index contributed by atoms with van der Waals surface area (Å²) in [6.45, 7) is 6.74. The Morgan fingerprint density at radius 2 is 1.84 bits per heavy atom. The number of fused-ring (bicyclic) bond motifs is 3. The lowest BCUT2D eigenvalue weighted by molar-refractivity contribution is -0.649. The molecule has 0 atom stereocenters. The zero-order valence-electron chi connectivity index (χ0n) is 17.7. The lowest BCUT2D eigenvalue weighted by Crippen LogP contribution is -2.33. The van der Waals surface area contributed by atoms with Gasteiger partial charge in [0.1, 0.15) is 11.4 Å². The van der Waals surface area contributed by atoms with E-state index in [1.807, 2.05) is 56.3 Å². The van der Waals surface area contributed by atoms with Gasteiger partial charge in [-0.25, -0.2) is 9.88 Å². The van der Waals surface area contributed by atoms with E-state index in [0.717, 1.165) is 49.5 Å². The van der Waals surface area contributed by atoms with Gasteiger partial charge in [0.25, 0.3) is 0 Å². The zero-order valence-corrected chi connectivity index (χ0v) is 18.5. The van der Waals surface area contributed by atoms with Crippen LogP contribution in [0.3, 0.4) is 0 Å². The van der Waals surface area contributed by atoms with Crippen LogP contribution >= 0.6 is 11.3 Å². The molecule has 1 aromatic heterocycles. The van der Waals surface area contributed by atoms with Crippen LogP contribution in [0.2, 0.25) is 0 Å². The van der Waals surface area contributed by atoms with E-state index in [4.69, 9.17) is 11.5 Å².